The molecule has 1 atom stereocenters. The molecule has 1 aliphatic rings. The molecule has 7 nitrogen and oxygen atoms in total. The smallest absolute Gasteiger partial charge is 0.224 e. The Morgan fingerprint density at radius 2 is 2.03 bits per heavy atom. The van der Waals surface area contributed by atoms with Crippen LogP contribution in [0, 0.1) is 5.92 Å². The van der Waals surface area contributed by atoms with Crippen molar-refractivity contribution in [3.05, 3.63) is 53.9 Å². The summed E-state index contributed by atoms with van der Waals surface area (Å²) in [7, 11) is 0. The van der Waals surface area contributed by atoms with E-state index in [2.05, 4.69) is 34.4 Å². The average molecular weight is 421 g/mol. The molecule has 0 fully saturated rings. The van der Waals surface area contributed by atoms with Crippen LogP contribution in [-0.4, -0.2) is 28.4 Å². The van der Waals surface area contributed by atoms with E-state index < -0.39 is 0 Å². The number of nitrogens with one attached hydrogen (secondary N) is 3. The van der Waals surface area contributed by atoms with Crippen molar-refractivity contribution in [1.29, 1.82) is 0 Å². The molecular weight excluding hydrogens is 392 g/mol. The molecule has 2 aromatic carbocycles. The lowest BCUT2D eigenvalue weighted by atomic mass is 10.0. The number of para-hydroxylation sites is 2. The summed E-state index contributed by atoms with van der Waals surface area (Å²) >= 11 is 0. The van der Waals surface area contributed by atoms with Gasteiger partial charge in [0.05, 0.1) is 23.7 Å². The van der Waals surface area contributed by atoms with E-state index in [1.165, 1.54) is 0 Å². The number of H-pyrrole nitrogens is 1. The molecule has 1 aliphatic heterocycles. The number of nitrogens with zero attached hydrogens (tertiary/aromatic N) is 1. The van der Waals surface area contributed by atoms with Crippen molar-refractivity contribution < 1.29 is 14.3 Å². The monoisotopic (exact) mass is 420 g/mol. The second kappa shape index (κ2) is 9.20. The number of hydrogen-bond acceptors (Lipinski definition) is 4. The van der Waals surface area contributed by atoms with Crippen molar-refractivity contribution in [3.63, 3.8) is 0 Å². The molecule has 7 heteroatoms. The summed E-state index contributed by atoms with van der Waals surface area (Å²) in [6.45, 7) is 4.59. The lowest BCUT2D eigenvalue weighted by molar-refractivity contribution is -0.122. The van der Waals surface area contributed by atoms with Gasteiger partial charge < -0.3 is 20.4 Å². The standard InChI is InChI=1S/C24H28N4O3/c1-15(2)23(24-26-19-6-3-4-7-20(19)27-24)28-21(29)8-5-13-31-17-10-11-18-16(14-17)9-12-22(30)25-18/h3-4,6-7,10-11,14-15,23H,5,8-9,12-13H2,1-2H3,(H,25,30)(H,26,27)(H,28,29). The Balaban J connectivity index is 1.27. The van der Waals surface area contributed by atoms with Gasteiger partial charge >= 0.3 is 0 Å². The number of anilines is 1. The highest BCUT2D eigenvalue weighted by molar-refractivity contribution is 5.94. The number of carbonyl (C=O) groups is 2. The summed E-state index contributed by atoms with van der Waals surface area (Å²) in [5, 5.41) is 5.97. The van der Waals surface area contributed by atoms with Crippen LogP contribution in [0.5, 0.6) is 5.75 Å². The van der Waals surface area contributed by atoms with Gasteiger partial charge in [-0.3, -0.25) is 9.59 Å². The van der Waals surface area contributed by atoms with Crippen LogP contribution in [0.1, 0.15) is 50.5 Å². The van der Waals surface area contributed by atoms with Crippen molar-refractivity contribution in [3.8, 4) is 5.75 Å². The van der Waals surface area contributed by atoms with Crippen LogP contribution >= 0.6 is 0 Å². The molecule has 3 N–H and O–H groups in total. The molecular formula is C24H28N4O3. The fourth-order valence-electron chi connectivity index (χ4n) is 3.79. The van der Waals surface area contributed by atoms with Crippen LogP contribution in [0.15, 0.2) is 42.5 Å². The minimum atomic E-state index is -0.170. The minimum Gasteiger partial charge on any atom is -0.494 e. The van der Waals surface area contributed by atoms with Crippen LogP contribution in [0.25, 0.3) is 11.0 Å². The van der Waals surface area contributed by atoms with E-state index in [1.54, 1.807) is 0 Å². The molecule has 4 rings (SSSR count). The SMILES string of the molecule is CC(C)C(NC(=O)CCCOc1ccc2c(c1)CCC(=O)N2)c1nc2ccccc2[nH]1. The molecule has 0 saturated heterocycles. The number of carbonyl (C=O) groups excluding carboxylic acids is 2. The third-order valence-electron chi connectivity index (χ3n) is 5.47. The number of aryl methyl sites for hydroxylation is 1. The van der Waals surface area contributed by atoms with Gasteiger partial charge in [-0.1, -0.05) is 26.0 Å². The third-order valence-corrected chi connectivity index (χ3v) is 5.47. The van der Waals surface area contributed by atoms with Crippen LogP contribution in [0.4, 0.5) is 5.69 Å². The molecule has 162 valence electrons. The number of fused-ring (bicyclic) bond motifs is 2. The number of hydrogen-bond donors (Lipinski definition) is 3. The van der Waals surface area contributed by atoms with Crippen molar-refractivity contribution >= 4 is 28.5 Å². The Bertz CT molecular complexity index is 1060. The first-order valence-electron chi connectivity index (χ1n) is 10.8. The Labute approximate surface area is 181 Å². The Morgan fingerprint density at radius 1 is 1.19 bits per heavy atom. The van der Waals surface area contributed by atoms with E-state index >= 15 is 0 Å². The van der Waals surface area contributed by atoms with E-state index in [0.29, 0.717) is 25.9 Å². The van der Waals surface area contributed by atoms with E-state index in [1.807, 2.05) is 42.5 Å². The number of aromatic amines is 1. The summed E-state index contributed by atoms with van der Waals surface area (Å²) in [5.41, 5.74) is 3.81. The summed E-state index contributed by atoms with van der Waals surface area (Å²) in [6.07, 6.45) is 2.22. The first-order chi connectivity index (χ1) is 15.0. The minimum absolute atomic E-state index is 0.0177. The molecule has 0 radical (unpaired) electrons. The summed E-state index contributed by atoms with van der Waals surface area (Å²) in [4.78, 5) is 31.9. The lowest BCUT2D eigenvalue weighted by Gasteiger charge is -2.20. The zero-order valence-electron chi connectivity index (χ0n) is 17.9. The maximum absolute atomic E-state index is 12.5. The van der Waals surface area contributed by atoms with Gasteiger partial charge in [0.25, 0.3) is 0 Å². The molecule has 1 aromatic heterocycles. The number of aromatic nitrogens is 2. The van der Waals surface area contributed by atoms with Gasteiger partial charge in [-0.2, -0.15) is 0 Å². The van der Waals surface area contributed by atoms with Crippen LogP contribution in [0.3, 0.4) is 0 Å². The Kier molecular flexibility index (Phi) is 6.21. The number of amides is 2. The first-order valence-corrected chi connectivity index (χ1v) is 10.8. The fraction of sp³-hybridized carbons (Fsp3) is 0.375. The van der Waals surface area contributed by atoms with Crippen molar-refractivity contribution in [2.75, 3.05) is 11.9 Å². The van der Waals surface area contributed by atoms with Gasteiger partial charge in [0.1, 0.15) is 11.6 Å². The molecule has 0 bridgehead atoms. The number of rotatable bonds is 8. The summed E-state index contributed by atoms with van der Waals surface area (Å²) in [6, 6.07) is 13.4. The Hall–Kier alpha value is -3.35. The predicted molar refractivity (Wildman–Crippen MR) is 120 cm³/mol. The molecule has 3 aromatic rings. The third kappa shape index (κ3) is 5.05. The van der Waals surface area contributed by atoms with Gasteiger partial charge in [0.15, 0.2) is 0 Å². The van der Waals surface area contributed by atoms with E-state index in [0.717, 1.165) is 40.3 Å². The highest BCUT2D eigenvalue weighted by Gasteiger charge is 2.21. The summed E-state index contributed by atoms with van der Waals surface area (Å²) in [5.74, 6) is 1.78. The van der Waals surface area contributed by atoms with Gasteiger partial charge in [0.2, 0.25) is 11.8 Å². The lowest BCUT2D eigenvalue weighted by Crippen LogP contribution is -2.32. The quantitative estimate of drug-likeness (QED) is 0.478. The van der Waals surface area contributed by atoms with Gasteiger partial charge in [-0.25, -0.2) is 4.98 Å². The second-order valence-electron chi connectivity index (χ2n) is 8.25. The molecule has 31 heavy (non-hydrogen) atoms. The van der Waals surface area contributed by atoms with Gasteiger partial charge in [0, 0.05) is 18.5 Å². The zero-order chi connectivity index (χ0) is 21.8. The topological polar surface area (TPSA) is 96.1 Å². The number of benzene rings is 2. The molecule has 0 saturated carbocycles. The Morgan fingerprint density at radius 3 is 2.84 bits per heavy atom. The average Bonchev–Trinajstić information content (AvgIpc) is 3.18. The highest BCUT2D eigenvalue weighted by atomic mass is 16.5. The van der Waals surface area contributed by atoms with E-state index in [-0.39, 0.29) is 23.8 Å². The maximum Gasteiger partial charge on any atom is 0.224 e. The van der Waals surface area contributed by atoms with Crippen LogP contribution in [-0.2, 0) is 16.0 Å². The van der Waals surface area contributed by atoms with Gasteiger partial charge in [-0.05, 0) is 54.7 Å². The van der Waals surface area contributed by atoms with E-state index in [4.69, 9.17) is 4.74 Å². The highest BCUT2D eigenvalue weighted by Crippen LogP contribution is 2.27. The van der Waals surface area contributed by atoms with Crippen LogP contribution in [0.2, 0.25) is 0 Å². The van der Waals surface area contributed by atoms with E-state index in [9.17, 15) is 9.59 Å². The fourth-order valence-corrected chi connectivity index (χ4v) is 3.79. The molecule has 0 spiro atoms. The molecule has 2 amide bonds. The molecule has 0 aliphatic carbocycles. The maximum atomic E-state index is 12.5. The molecule has 2 heterocycles. The number of ether oxygens (including phenoxy) is 1. The normalized spacial score (nSPS) is 14.2. The largest absolute Gasteiger partial charge is 0.494 e. The number of imidazole rings is 1. The zero-order valence-corrected chi connectivity index (χ0v) is 17.9. The summed E-state index contributed by atoms with van der Waals surface area (Å²) < 4.78 is 5.82. The first kappa shape index (κ1) is 20.9. The van der Waals surface area contributed by atoms with Crippen molar-refractivity contribution in [2.24, 2.45) is 5.92 Å². The van der Waals surface area contributed by atoms with Gasteiger partial charge in [-0.15, -0.1) is 0 Å². The predicted octanol–water partition coefficient (Wildman–Crippen LogP) is 4.12. The van der Waals surface area contributed by atoms with Crippen LogP contribution < -0.4 is 15.4 Å². The molecule has 1 unspecified atom stereocenters. The second-order valence-corrected chi connectivity index (χ2v) is 8.25. The van der Waals surface area contributed by atoms with Crippen molar-refractivity contribution in [1.82, 2.24) is 15.3 Å². The van der Waals surface area contributed by atoms with Crippen molar-refractivity contribution in [2.45, 2.75) is 45.6 Å².